The maximum Gasteiger partial charge on any atom is 0.219 e. The minimum Gasteiger partial charge on any atom is -0.354 e. The molecule has 1 fully saturated rings. The van der Waals surface area contributed by atoms with Crippen LogP contribution in [0.1, 0.15) is 31.5 Å². The third-order valence-electron chi connectivity index (χ3n) is 5.28. The van der Waals surface area contributed by atoms with E-state index in [2.05, 4.69) is 15.2 Å². The maximum atomic E-state index is 11.9. The van der Waals surface area contributed by atoms with E-state index in [1.54, 1.807) is 20.0 Å². The standard InChI is InChI=1S/C20H24N6O2/c1-13(27)22-15-6-9-26(11-15)20-16-7-10-25(14(2)28)12-18(16)23-19(24-20)17-5-3-4-8-21-17/h3-5,8,15H,6-7,9-12H2,1-2H3,(H,22,27)/t15-/m0/s1. The Morgan fingerprint density at radius 1 is 1.18 bits per heavy atom. The lowest BCUT2D eigenvalue weighted by molar-refractivity contribution is -0.129. The summed E-state index contributed by atoms with van der Waals surface area (Å²) < 4.78 is 0. The second kappa shape index (κ2) is 7.53. The van der Waals surface area contributed by atoms with Crippen molar-refractivity contribution in [2.24, 2.45) is 0 Å². The largest absolute Gasteiger partial charge is 0.354 e. The first-order valence-electron chi connectivity index (χ1n) is 9.60. The minimum absolute atomic E-state index is 0.0113. The number of rotatable bonds is 3. The lowest BCUT2D eigenvalue weighted by Crippen LogP contribution is -2.38. The summed E-state index contributed by atoms with van der Waals surface area (Å²) in [6.07, 6.45) is 3.34. The van der Waals surface area contributed by atoms with Crippen LogP contribution in [0.15, 0.2) is 24.4 Å². The Kier molecular flexibility index (Phi) is 4.93. The van der Waals surface area contributed by atoms with Crippen LogP contribution in [-0.4, -0.2) is 57.3 Å². The average molecular weight is 380 g/mol. The number of fused-ring (bicyclic) bond motifs is 1. The summed E-state index contributed by atoms with van der Waals surface area (Å²) in [6.45, 7) is 5.84. The van der Waals surface area contributed by atoms with Crippen LogP contribution >= 0.6 is 0 Å². The van der Waals surface area contributed by atoms with Gasteiger partial charge in [-0.3, -0.25) is 14.6 Å². The molecule has 28 heavy (non-hydrogen) atoms. The van der Waals surface area contributed by atoms with Gasteiger partial charge in [-0.25, -0.2) is 9.97 Å². The molecule has 0 aromatic carbocycles. The van der Waals surface area contributed by atoms with Crippen molar-refractivity contribution in [1.82, 2.24) is 25.2 Å². The van der Waals surface area contributed by atoms with Crippen molar-refractivity contribution < 1.29 is 9.59 Å². The van der Waals surface area contributed by atoms with E-state index < -0.39 is 0 Å². The average Bonchev–Trinajstić information content (AvgIpc) is 3.14. The molecular formula is C20H24N6O2. The molecule has 0 unspecified atom stereocenters. The van der Waals surface area contributed by atoms with E-state index in [0.717, 1.165) is 43.0 Å². The van der Waals surface area contributed by atoms with Crippen LogP contribution in [0, 0.1) is 0 Å². The van der Waals surface area contributed by atoms with Gasteiger partial charge in [0.2, 0.25) is 11.8 Å². The number of nitrogens with zero attached hydrogens (tertiary/aromatic N) is 5. The smallest absolute Gasteiger partial charge is 0.219 e. The third kappa shape index (κ3) is 3.67. The van der Waals surface area contributed by atoms with Gasteiger partial charge in [0.1, 0.15) is 11.5 Å². The summed E-state index contributed by atoms with van der Waals surface area (Å²) in [5.74, 6) is 1.52. The predicted molar refractivity (Wildman–Crippen MR) is 104 cm³/mol. The van der Waals surface area contributed by atoms with E-state index in [0.29, 0.717) is 24.6 Å². The van der Waals surface area contributed by atoms with Crippen molar-refractivity contribution in [3.63, 3.8) is 0 Å². The number of carbonyl (C=O) groups excluding carboxylic acids is 2. The predicted octanol–water partition coefficient (Wildman–Crippen LogP) is 1.16. The summed E-state index contributed by atoms with van der Waals surface area (Å²) in [5.41, 5.74) is 2.69. The van der Waals surface area contributed by atoms with E-state index in [-0.39, 0.29) is 17.9 Å². The topological polar surface area (TPSA) is 91.3 Å². The molecule has 0 spiro atoms. The molecule has 2 aliphatic heterocycles. The molecule has 1 atom stereocenters. The van der Waals surface area contributed by atoms with Crippen LogP contribution in [0.3, 0.4) is 0 Å². The third-order valence-corrected chi connectivity index (χ3v) is 5.28. The molecule has 2 amide bonds. The Balaban J connectivity index is 1.72. The van der Waals surface area contributed by atoms with Gasteiger partial charge in [0, 0.05) is 51.3 Å². The molecule has 0 saturated carbocycles. The van der Waals surface area contributed by atoms with Gasteiger partial charge in [-0.2, -0.15) is 0 Å². The van der Waals surface area contributed by atoms with Crippen molar-refractivity contribution in [2.75, 3.05) is 24.5 Å². The lowest BCUT2D eigenvalue weighted by Gasteiger charge is -2.31. The summed E-state index contributed by atoms with van der Waals surface area (Å²) in [4.78, 5) is 41.3. The van der Waals surface area contributed by atoms with Gasteiger partial charge in [0.15, 0.2) is 5.82 Å². The fourth-order valence-corrected chi connectivity index (χ4v) is 3.91. The van der Waals surface area contributed by atoms with Gasteiger partial charge >= 0.3 is 0 Å². The van der Waals surface area contributed by atoms with Crippen molar-refractivity contribution in [1.29, 1.82) is 0 Å². The Hall–Kier alpha value is -3.03. The normalized spacial score (nSPS) is 18.7. The number of hydrogen-bond donors (Lipinski definition) is 1. The highest BCUT2D eigenvalue weighted by Crippen LogP contribution is 2.31. The Labute approximate surface area is 164 Å². The summed E-state index contributed by atoms with van der Waals surface area (Å²) in [7, 11) is 0. The molecule has 2 aromatic rings. The highest BCUT2D eigenvalue weighted by atomic mass is 16.2. The van der Waals surface area contributed by atoms with Crippen LogP contribution < -0.4 is 10.2 Å². The Bertz CT molecular complexity index is 901. The van der Waals surface area contributed by atoms with Gasteiger partial charge < -0.3 is 15.1 Å². The van der Waals surface area contributed by atoms with Crippen LogP contribution in [0.25, 0.3) is 11.5 Å². The van der Waals surface area contributed by atoms with E-state index in [9.17, 15) is 9.59 Å². The summed E-state index contributed by atoms with van der Waals surface area (Å²) in [6, 6.07) is 5.79. The van der Waals surface area contributed by atoms with E-state index >= 15 is 0 Å². The fourth-order valence-electron chi connectivity index (χ4n) is 3.91. The number of aromatic nitrogens is 3. The molecule has 0 bridgehead atoms. The Morgan fingerprint density at radius 3 is 2.75 bits per heavy atom. The first kappa shape index (κ1) is 18.3. The lowest BCUT2D eigenvalue weighted by atomic mass is 10.0. The molecule has 4 rings (SSSR count). The van der Waals surface area contributed by atoms with Gasteiger partial charge in [0.25, 0.3) is 0 Å². The van der Waals surface area contributed by atoms with Crippen LogP contribution in [0.4, 0.5) is 5.82 Å². The molecule has 1 N–H and O–H groups in total. The first-order valence-corrected chi connectivity index (χ1v) is 9.60. The number of hydrogen-bond acceptors (Lipinski definition) is 6. The van der Waals surface area contributed by atoms with Gasteiger partial charge in [0.05, 0.1) is 12.2 Å². The molecule has 8 nitrogen and oxygen atoms in total. The number of pyridine rings is 1. The van der Waals surface area contributed by atoms with Crippen LogP contribution in [0.2, 0.25) is 0 Å². The molecule has 2 aromatic heterocycles. The minimum atomic E-state index is -0.0113. The number of anilines is 1. The van der Waals surface area contributed by atoms with Crippen LogP contribution in [-0.2, 0) is 22.6 Å². The zero-order chi connectivity index (χ0) is 19.7. The van der Waals surface area contributed by atoms with Crippen molar-refractivity contribution in [3.05, 3.63) is 35.7 Å². The zero-order valence-corrected chi connectivity index (χ0v) is 16.2. The van der Waals surface area contributed by atoms with Gasteiger partial charge in [-0.05, 0) is 25.0 Å². The van der Waals surface area contributed by atoms with Gasteiger partial charge in [-0.15, -0.1) is 0 Å². The molecule has 0 radical (unpaired) electrons. The molecular weight excluding hydrogens is 356 g/mol. The van der Waals surface area contributed by atoms with Gasteiger partial charge in [-0.1, -0.05) is 6.07 Å². The van der Waals surface area contributed by atoms with Crippen LogP contribution in [0.5, 0.6) is 0 Å². The SMILES string of the molecule is CC(=O)N[C@H]1CCN(c2nc(-c3ccccn3)nc3c2CCN(C(C)=O)C3)C1. The second-order valence-electron chi connectivity index (χ2n) is 7.33. The zero-order valence-electron chi connectivity index (χ0n) is 16.2. The molecule has 4 heterocycles. The highest BCUT2D eigenvalue weighted by Gasteiger charge is 2.30. The summed E-state index contributed by atoms with van der Waals surface area (Å²) >= 11 is 0. The molecule has 8 heteroatoms. The van der Waals surface area contributed by atoms with Crippen molar-refractivity contribution >= 4 is 17.6 Å². The summed E-state index contributed by atoms with van der Waals surface area (Å²) in [5, 5.41) is 3.00. The van der Waals surface area contributed by atoms with E-state index in [1.165, 1.54) is 0 Å². The highest BCUT2D eigenvalue weighted by molar-refractivity contribution is 5.74. The molecule has 1 saturated heterocycles. The maximum absolute atomic E-state index is 11.9. The molecule has 2 aliphatic rings. The van der Waals surface area contributed by atoms with Crippen molar-refractivity contribution in [2.45, 2.75) is 39.3 Å². The van der Waals surface area contributed by atoms with Crippen molar-refractivity contribution in [3.8, 4) is 11.5 Å². The number of nitrogens with one attached hydrogen (secondary N) is 1. The quantitative estimate of drug-likeness (QED) is 0.859. The van der Waals surface area contributed by atoms with E-state index in [4.69, 9.17) is 9.97 Å². The van der Waals surface area contributed by atoms with E-state index in [1.807, 2.05) is 23.1 Å². The fraction of sp³-hybridized carbons (Fsp3) is 0.450. The molecule has 0 aliphatic carbocycles. The molecule has 146 valence electrons. The first-order chi connectivity index (χ1) is 13.5. The second-order valence-corrected chi connectivity index (χ2v) is 7.33. The number of amides is 2. The monoisotopic (exact) mass is 380 g/mol. The Morgan fingerprint density at radius 2 is 2.04 bits per heavy atom. The number of carbonyl (C=O) groups is 2.